The molecule has 0 spiro atoms. The van der Waals surface area contributed by atoms with Gasteiger partial charge in [-0.1, -0.05) is 22.0 Å². The number of aromatic nitrogens is 1. The van der Waals surface area contributed by atoms with Crippen molar-refractivity contribution in [1.82, 2.24) is 4.98 Å². The fourth-order valence-corrected chi connectivity index (χ4v) is 2.00. The van der Waals surface area contributed by atoms with Gasteiger partial charge in [0.15, 0.2) is 0 Å². The molecule has 0 unspecified atom stereocenters. The summed E-state index contributed by atoms with van der Waals surface area (Å²) in [6, 6.07) is 9.32. The summed E-state index contributed by atoms with van der Waals surface area (Å²) in [6.45, 7) is 3.78. The van der Waals surface area contributed by atoms with E-state index in [0.717, 1.165) is 21.4 Å². The second-order valence-corrected chi connectivity index (χ2v) is 4.97. The molecule has 1 aromatic carbocycles. The number of hydrogen-bond donors (Lipinski definition) is 1. The van der Waals surface area contributed by atoms with Gasteiger partial charge in [0.25, 0.3) is 5.91 Å². The van der Waals surface area contributed by atoms with Crippen molar-refractivity contribution in [3.63, 3.8) is 0 Å². The molecule has 0 radical (unpaired) electrons. The lowest BCUT2D eigenvalue weighted by Crippen LogP contribution is -2.14. The molecule has 0 aliphatic carbocycles. The predicted octanol–water partition coefficient (Wildman–Crippen LogP) is 3.71. The third-order valence-corrected chi connectivity index (χ3v) is 3.19. The summed E-state index contributed by atoms with van der Waals surface area (Å²) < 4.78 is 0.936. The van der Waals surface area contributed by atoms with E-state index in [-0.39, 0.29) is 5.91 Å². The highest BCUT2D eigenvalue weighted by Gasteiger charge is 2.10. The van der Waals surface area contributed by atoms with Gasteiger partial charge in [0.2, 0.25) is 0 Å². The smallest absolute Gasteiger partial charge is 0.257 e. The summed E-state index contributed by atoms with van der Waals surface area (Å²) in [6.07, 6.45) is 1.68. The SMILES string of the molecule is Cc1ccc(Br)cc1NC(=O)c1cccnc1C. The van der Waals surface area contributed by atoms with Crippen molar-refractivity contribution in [1.29, 1.82) is 0 Å². The van der Waals surface area contributed by atoms with Crippen LogP contribution in [0.5, 0.6) is 0 Å². The minimum atomic E-state index is -0.137. The summed E-state index contributed by atoms with van der Waals surface area (Å²) in [5, 5.41) is 2.90. The third-order valence-electron chi connectivity index (χ3n) is 2.70. The summed E-state index contributed by atoms with van der Waals surface area (Å²) in [4.78, 5) is 16.2. The molecular formula is C14H13BrN2O. The number of pyridine rings is 1. The zero-order valence-electron chi connectivity index (χ0n) is 10.2. The van der Waals surface area contributed by atoms with E-state index in [1.165, 1.54) is 0 Å². The Morgan fingerprint density at radius 2 is 2.06 bits per heavy atom. The van der Waals surface area contributed by atoms with Gasteiger partial charge in [0, 0.05) is 22.1 Å². The van der Waals surface area contributed by atoms with Gasteiger partial charge in [0.1, 0.15) is 0 Å². The Bertz CT molecular complexity index is 596. The molecule has 1 amide bonds. The van der Waals surface area contributed by atoms with E-state index >= 15 is 0 Å². The molecule has 92 valence electrons. The van der Waals surface area contributed by atoms with Crippen molar-refractivity contribution in [2.45, 2.75) is 13.8 Å². The minimum Gasteiger partial charge on any atom is -0.322 e. The van der Waals surface area contributed by atoms with Gasteiger partial charge >= 0.3 is 0 Å². The average molecular weight is 305 g/mol. The van der Waals surface area contributed by atoms with Crippen molar-refractivity contribution in [3.05, 3.63) is 57.8 Å². The quantitative estimate of drug-likeness (QED) is 0.919. The lowest BCUT2D eigenvalue weighted by atomic mass is 10.1. The Kier molecular flexibility index (Phi) is 3.77. The van der Waals surface area contributed by atoms with Crippen molar-refractivity contribution in [3.8, 4) is 0 Å². The molecule has 0 aliphatic rings. The number of carbonyl (C=O) groups excluding carboxylic acids is 1. The zero-order valence-corrected chi connectivity index (χ0v) is 11.8. The lowest BCUT2D eigenvalue weighted by molar-refractivity contribution is 0.102. The first kappa shape index (κ1) is 12.8. The average Bonchev–Trinajstić information content (AvgIpc) is 2.34. The van der Waals surface area contributed by atoms with Crippen molar-refractivity contribution < 1.29 is 4.79 Å². The number of nitrogens with zero attached hydrogens (tertiary/aromatic N) is 1. The number of aryl methyl sites for hydroxylation is 2. The number of carbonyl (C=O) groups is 1. The highest BCUT2D eigenvalue weighted by molar-refractivity contribution is 9.10. The van der Waals surface area contributed by atoms with Crippen LogP contribution in [0, 0.1) is 13.8 Å². The first-order valence-electron chi connectivity index (χ1n) is 5.57. The van der Waals surface area contributed by atoms with Crippen LogP contribution < -0.4 is 5.32 Å². The Morgan fingerprint density at radius 1 is 1.28 bits per heavy atom. The topological polar surface area (TPSA) is 42.0 Å². The number of nitrogens with one attached hydrogen (secondary N) is 1. The molecule has 3 nitrogen and oxygen atoms in total. The van der Waals surface area contributed by atoms with Gasteiger partial charge in [-0.3, -0.25) is 9.78 Å². The Labute approximate surface area is 114 Å². The lowest BCUT2D eigenvalue weighted by Gasteiger charge is -2.09. The maximum Gasteiger partial charge on any atom is 0.257 e. The van der Waals surface area contributed by atoms with E-state index in [1.807, 2.05) is 32.0 Å². The molecular weight excluding hydrogens is 292 g/mol. The Hall–Kier alpha value is -1.68. The predicted molar refractivity (Wildman–Crippen MR) is 75.8 cm³/mol. The van der Waals surface area contributed by atoms with Gasteiger partial charge in [-0.25, -0.2) is 0 Å². The van der Waals surface area contributed by atoms with Crippen LogP contribution in [0.15, 0.2) is 41.0 Å². The summed E-state index contributed by atoms with van der Waals surface area (Å²) in [5.74, 6) is -0.137. The van der Waals surface area contributed by atoms with E-state index in [2.05, 4.69) is 26.2 Å². The van der Waals surface area contributed by atoms with E-state index in [4.69, 9.17) is 0 Å². The molecule has 2 aromatic rings. The standard InChI is InChI=1S/C14H13BrN2O/c1-9-5-6-11(15)8-13(9)17-14(18)12-4-3-7-16-10(12)2/h3-8H,1-2H3,(H,17,18). The fourth-order valence-electron chi connectivity index (χ4n) is 1.64. The molecule has 18 heavy (non-hydrogen) atoms. The van der Waals surface area contributed by atoms with Crippen LogP contribution in [-0.4, -0.2) is 10.9 Å². The normalized spacial score (nSPS) is 10.2. The molecule has 0 atom stereocenters. The molecule has 0 aliphatic heterocycles. The van der Waals surface area contributed by atoms with Crippen molar-refractivity contribution >= 4 is 27.5 Å². The first-order chi connectivity index (χ1) is 8.58. The maximum absolute atomic E-state index is 12.1. The largest absolute Gasteiger partial charge is 0.322 e. The van der Waals surface area contributed by atoms with E-state index in [0.29, 0.717) is 5.56 Å². The molecule has 0 saturated carbocycles. The molecule has 1 aromatic heterocycles. The second-order valence-electron chi connectivity index (χ2n) is 4.05. The zero-order chi connectivity index (χ0) is 13.1. The number of benzene rings is 1. The van der Waals surface area contributed by atoms with Crippen molar-refractivity contribution in [2.24, 2.45) is 0 Å². The molecule has 0 fully saturated rings. The summed E-state index contributed by atoms with van der Waals surface area (Å²) >= 11 is 3.39. The highest BCUT2D eigenvalue weighted by Crippen LogP contribution is 2.21. The number of halogens is 1. The van der Waals surface area contributed by atoms with Crippen LogP contribution in [0.3, 0.4) is 0 Å². The van der Waals surface area contributed by atoms with Gasteiger partial charge in [0.05, 0.1) is 5.56 Å². The minimum absolute atomic E-state index is 0.137. The van der Waals surface area contributed by atoms with E-state index in [9.17, 15) is 4.79 Å². The van der Waals surface area contributed by atoms with Crippen molar-refractivity contribution in [2.75, 3.05) is 5.32 Å². The number of amides is 1. The fraction of sp³-hybridized carbons (Fsp3) is 0.143. The number of rotatable bonds is 2. The van der Waals surface area contributed by atoms with Gasteiger partial charge < -0.3 is 5.32 Å². The van der Waals surface area contributed by atoms with Crippen LogP contribution in [0.1, 0.15) is 21.6 Å². The second kappa shape index (κ2) is 5.31. The molecule has 0 bridgehead atoms. The molecule has 4 heteroatoms. The van der Waals surface area contributed by atoms with E-state index < -0.39 is 0 Å². The first-order valence-corrected chi connectivity index (χ1v) is 6.36. The van der Waals surface area contributed by atoms with Gasteiger partial charge in [-0.15, -0.1) is 0 Å². The number of anilines is 1. The summed E-state index contributed by atoms with van der Waals surface area (Å²) in [7, 11) is 0. The monoisotopic (exact) mass is 304 g/mol. The van der Waals surface area contributed by atoms with Gasteiger partial charge in [-0.2, -0.15) is 0 Å². The van der Waals surface area contributed by atoms with Crippen LogP contribution in [0.2, 0.25) is 0 Å². The van der Waals surface area contributed by atoms with Gasteiger partial charge in [-0.05, 0) is 43.7 Å². The van der Waals surface area contributed by atoms with Crippen LogP contribution in [-0.2, 0) is 0 Å². The highest BCUT2D eigenvalue weighted by atomic mass is 79.9. The molecule has 0 saturated heterocycles. The molecule has 1 heterocycles. The van der Waals surface area contributed by atoms with Crippen LogP contribution in [0.25, 0.3) is 0 Å². The van der Waals surface area contributed by atoms with Crippen LogP contribution >= 0.6 is 15.9 Å². The van der Waals surface area contributed by atoms with E-state index in [1.54, 1.807) is 18.3 Å². The number of hydrogen-bond acceptors (Lipinski definition) is 2. The molecule has 2 rings (SSSR count). The maximum atomic E-state index is 12.1. The van der Waals surface area contributed by atoms with Crippen LogP contribution in [0.4, 0.5) is 5.69 Å². The third kappa shape index (κ3) is 2.76. The molecule has 1 N–H and O–H groups in total. The summed E-state index contributed by atoms with van der Waals surface area (Å²) in [5.41, 5.74) is 3.14. The Balaban J connectivity index is 2.27. The Morgan fingerprint density at radius 3 is 2.78 bits per heavy atom.